The van der Waals surface area contributed by atoms with Gasteiger partial charge in [-0.3, -0.25) is 0 Å². The summed E-state index contributed by atoms with van der Waals surface area (Å²) in [5, 5.41) is 27.8. The molecular weight excluding hydrogens is 180 g/mol. The molecule has 0 radical (unpaired) electrons. The molecule has 0 fully saturated rings. The second kappa shape index (κ2) is 4.33. The normalized spacial score (nSPS) is 10.9. The van der Waals surface area contributed by atoms with Gasteiger partial charge >= 0.3 is 0 Å². The summed E-state index contributed by atoms with van der Waals surface area (Å²) in [6.07, 6.45) is 0.688. The Morgan fingerprint density at radius 1 is 1.21 bits per heavy atom. The number of phenols is 2. The molecule has 0 aliphatic rings. The maximum atomic E-state index is 9.53. The summed E-state index contributed by atoms with van der Waals surface area (Å²) >= 11 is 0. The van der Waals surface area contributed by atoms with Crippen LogP contribution in [-0.2, 0) is 13.0 Å². The van der Waals surface area contributed by atoms with Crippen molar-refractivity contribution in [2.75, 3.05) is 0 Å². The quantitative estimate of drug-likeness (QED) is 0.646. The molecule has 1 rings (SSSR count). The van der Waals surface area contributed by atoms with Crippen LogP contribution in [0.15, 0.2) is 12.1 Å². The molecular formula is C11H16O3. The zero-order chi connectivity index (χ0) is 10.7. The molecule has 0 unspecified atom stereocenters. The third-order valence-corrected chi connectivity index (χ3v) is 2.04. The molecule has 0 spiro atoms. The molecule has 0 saturated carbocycles. The number of aromatic hydroxyl groups is 2. The van der Waals surface area contributed by atoms with E-state index in [2.05, 4.69) is 0 Å². The van der Waals surface area contributed by atoms with Gasteiger partial charge in [-0.25, -0.2) is 0 Å². The summed E-state index contributed by atoms with van der Waals surface area (Å²) in [6, 6.07) is 3.09. The van der Waals surface area contributed by atoms with Crippen molar-refractivity contribution < 1.29 is 15.3 Å². The first-order chi connectivity index (χ1) is 6.54. The van der Waals surface area contributed by atoms with Crippen molar-refractivity contribution in [1.29, 1.82) is 0 Å². The number of phenolic OH excluding ortho intramolecular Hbond substituents is 2. The summed E-state index contributed by atoms with van der Waals surface area (Å²) < 4.78 is 0. The van der Waals surface area contributed by atoms with E-state index in [9.17, 15) is 10.2 Å². The Balaban J connectivity index is 3.07. The van der Waals surface area contributed by atoms with E-state index in [1.807, 2.05) is 13.8 Å². The predicted octanol–water partition coefficient (Wildman–Crippen LogP) is 1.79. The van der Waals surface area contributed by atoms with Gasteiger partial charge in [-0.2, -0.15) is 0 Å². The minimum atomic E-state index is -0.160. The number of hydrogen-bond acceptors (Lipinski definition) is 3. The molecule has 0 heterocycles. The van der Waals surface area contributed by atoms with Crippen LogP contribution in [0, 0.1) is 5.92 Å². The molecule has 0 aromatic heterocycles. The average molecular weight is 196 g/mol. The Hall–Kier alpha value is -1.22. The van der Waals surface area contributed by atoms with Gasteiger partial charge in [0.25, 0.3) is 0 Å². The highest BCUT2D eigenvalue weighted by atomic mass is 16.3. The van der Waals surface area contributed by atoms with Crippen molar-refractivity contribution in [3.63, 3.8) is 0 Å². The Morgan fingerprint density at radius 2 is 1.86 bits per heavy atom. The molecule has 1 aromatic carbocycles. The molecule has 14 heavy (non-hydrogen) atoms. The third-order valence-electron chi connectivity index (χ3n) is 2.04. The number of aliphatic hydroxyl groups excluding tert-OH is 1. The lowest BCUT2D eigenvalue weighted by Crippen LogP contribution is -1.96. The van der Waals surface area contributed by atoms with E-state index < -0.39 is 0 Å². The Labute approximate surface area is 83.6 Å². The maximum absolute atomic E-state index is 9.53. The lowest BCUT2D eigenvalue weighted by atomic mass is 9.99. The van der Waals surface area contributed by atoms with Crippen LogP contribution < -0.4 is 0 Å². The Morgan fingerprint density at radius 3 is 2.36 bits per heavy atom. The Bertz CT molecular complexity index is 319. The summed E-state index contributed by atoms with van der Waals surface area (Å²) in [7, 11) is 0. The van der Waals surface area contributed by atoms with E-state index in [0.717, 1.165) is 0 Å². The molecule has 0 atom stereocenters. The van der Waals surface area contributed by atoms with Gasteiger partial charge in [0.15, 0.2) is 11.5 Å². The van der Waals surface area contributed by atoms with E-state index in [4.69, 9.17) is 5.11 Å². The molecule has 0 aliphatic carbocycles. The molecule has 1 aromatic rings. The zero-order valence-corrected chi connectivity index (χ0v) is 8.49. The lowest BCUT2D eigenvalue weighted by molar-refractivity contribution is 0.280. The summed E-state index contributed by atoms with van der Waals surface area (Å²) in [4.78, 5) is 0. The zero-order valence-electron chi connectivity index (χ0n) is 8.49. The summed E-state index contributed by atoms with van der Waals surface area (Å²) in [5.41, 5.74) is 1.31. The van der Waals surface area contributed by atoms with Crippen LogP contribution in [0.2, 0.25) is 0 Å². The lowest BCUT2D eigenvalue weighted by Gasteiger charge is -2.10. The number of hydrogen-bond donors (Lipinski definition) is 3. The van der Waals surface area contributed by atoms with Crippen LogP contribution in [0.4, 0.5) is 0 Å². The van der Waals surface area contributed by atoms with Crippen LogP contribution >= 0.6 is 0 Å². The molecule has 0 aliphatic heterocycles. The van der Waals surface area contributed by atoms with Crippen LogP contribution in [0.3, 0.4) is 0 Å². The minimum absolute atomic E-state index is 0.0732. The topological polar surface area (TPSA) is 60.7 Å². The number of aliphatic hydroxyl groups is 1. The van der Waals surface area contributed by atoms with Crippen LogP contribution in [0.5, 0.6) is 11.5 Å². The summed E-state index contributed by atoms with van der Waals surface area (Å²) in [6.45, 7) is 3.93. The molecule has 3 heteroatoms. The van der Waals surface area contributed by atoms with Crippen molar-refractivity contribution in [3.05, 3.63) is 23.3 Å². The smallest absolute Gasteiger partial charge is 0.160 e. The van der Waals surface area contributed by atoms with Gasteiger partial charge in [0.1, 0.15) is 0 Å². The van der Waals surface area contributed by atoms with Crippen molar-refractivity contribution in [1.82, 2.24) is 0 Å². The number of benzene rings is 1. The van der Waals surface area contributed by atoms with Crippen LogP contribution in [0.25, 0.3) is 0 Å². The molecule has 0 amide bonds. The van der Waals surface area contributed by atoms with Gasteiger partial charge in [0.05, 0.1) is 6.61 Å². The largest absolute Gasteiger partial charge is 0.504 e. The van der Waals surface area contributed by atoms with E-state index in [1.165, 1.54) is 6.07 Å². The van der Waals surface area contributed by atoms with Crippen molar-refractivity contribution in [3.8, 4) is 11.5 Å². The van der Waals surface area contributed by atoms with E-state index in [1.54, 1.807) is 6.07 Å². The Kier molecular flexibility index (Phi) is 3.36. The van der Waals surface area contributed by atoms with Crippen molar-refractivity contribution in [2.24, 2.45) is 5.92 Å². The van der Waals surface area contributed by atoms with Gasteiger partial charge < -0.3 is 15.3 Å². The second-order valence-electron chi connectivity index (χ2n) is 3.88. The first-order valence-electron chi connectivity index (χ1n) is 4.69. The van der Waals surface area contributed by atoms with Crippen molar-refractivity contribution in [2.45, 2.75) is 26.9 Å². The highest BCUT2D eigenvalue weighted by molar-refractivity contribution is 5.47. The fourth-order valence-corrected chi connectivity index (χ4v) is 1.43. The van der Waals surface area contributed by atoms with Gasteiger partial charge in [-0.15, -0.1) is 0 Å². The van der Waals surface area contributed by atoms with Gasteiger partial charge in [-0.05, 0) is 35.6 Å². The predicted molar refractivity (Wildman–Crippen MR) is 54.2 cm³/mol. The highest BCUT2D eigenvalue weighted by Crippen LogP contribution is 2.31. The fraction of sp³-hybridized carbons (Fsp3) is 0.455. The molecule has 3 nitrogen and oxygen atoms in total. The second-order valence-corrected chi connectivity index (χ2v) is 3.88. The minimum Gasteiger partial charge on any atom is -0.504 e. The van der Waals surface area contributed by atoms with E-state index >= 15 is 0 Å². The maximum Gasteiger partial charge on any atom is 0.160 e. The average Bonchev–Trinajstić information content (AvgIpc) is 2.11. The highest BCUT2D eigenvalue weighted by Gasteiger charge is 2.10. The molecule has 0 bridgehead atoms. The molecule has 78 valence electrons. The van der Waals surface area contributed by atoms with Gasteiger partial charge in [0.2, 0.25) is 0 Å². The van der Waals surface area contributed by atoms with Crippen LogP contribution in [-0.4, -0.2) is 15.3 Å². The van der Waals surface area contributed by atoms with E-state index in [-0.39, 0.29) is 18.1 Å². The first-order valence-corrected chi connectivity index (χ1v) is 4.69. The van der Waals surface area contributed by atoms with Crippen LogP contribution in [0.1, 0.15) is 25.0 Å². The number of rotatable bonds is 3. The standard InChI is InChI=1S/C11H16O3/c1-7(2)3-9-4-8(6-12)5-10(13)11(9)14/h4-5,7,12-14H,3,6H2,1-2H3. The molecule has 0 saturated heterocycles. The summed E-state index contributed by atoms with van der Waals surface area (Å²) in [5.74, 6) is 0.164. The monoisotopic (exact) mass is 196 g/mol. The SMILES string of the molecule is CC(C)Cc1cc(CO)cc(O)c1O. The fourth-order valence-electron chi connectivity index (χ4n) is 1.43. The van der Waals surface area contributed by atoms with Gasteiger partial charge in [-0.1, -0.05) is 13.8 Å². The van der Waals surface area contributed by atoms with Gasteiger partial charge in [0, 0.05) is 0 Å². The third kappa shape index (κ3) is 2.39. The van der Waals surface area contributed by atoms with E-state index in [0.29, 0.717) is 23.5 Å². The first kappa shape index (κ1) is 10.9. The molecule has 3 N–H and O–H groups in total. The van der Waals surface area contributed by atoms with Crippen molar-refractivity contribution >= 4 is 0 Å².